The molecule has 0 bridgehead atoms. The maximum atomic E-state index is 13.1. The van der Waals surface area contributed by atoms with E-state index in [2.05, 4.69) is 11.9 Å². The maximum Gasteiger partial charge on any atom is 0.138 e. The van der Waals surface area contributed by atoms with Crippen molar-refractivity contribution in [3.63, 3.8) is 0 Å². The lowest BCUT2D eigenvalue weighted by atomic mass is 10.2. The van der Waals surface area contributed by atoms with Gasteiger partial charge in [0, 0.05) is 6.21 Å². The molecule has 2 rings (SSSR count). The summed E-state index contributed by atoms with van der Waals surface area (Å²) >= 11 is 6.19. The molecule has 0 unspecified atom stereocenters. The Morgan fingerprint density at radius 1 is 1.29 bits per heavy atom. The Kier molecular flexibility index (Phi) is 5.34. The van der Waals surface area contributed by atoms with E-state index in [1.54, 1.807) is 24.4 Å². The monoisotopic (exact) mass is 305 g/mol. The van der Waals surface area contributed by atoms with Crippen LogP contribution in [0, 0.1) is 5.82 Å². The molecular weight excluding hydrogens is 289 g/mol. The first-order valence-electron chi connectivity index (χ1n) is 6.84. The van der Waals surface area contributed by atoms with E-state index in [9.17, 15) is 4.39 Å². The minimum absolute atomic E-state index is 0.120. The Morgan fingerprint density at radius 3 is 2.76 bits per heavy atom. The summed E-state index contributed by atoms with van der Waals surface area (Å²) in [5.41, 5.74) is 1.40. The van der Waals surface area contributed by atoms with Gasteiger partial charge in [0.05, 0.1) is 16.8 Å². The first-order chi connectivity index (χ1) is 10.1. The van der Waals surface area contributed by atoms with Crippen LogP contribution < -0.4 is 4.74 Å². The zero-order valence-corrected chi connectivity index (χ0v) is 12.8. The molecule has 0 aliphatic heterocycles. The lowest BCUT2D eigenvalue weighted by molar-refractivity contribution is 0.217. The molecule has 2 nitrogen and oxygen atoms in total. The fraction of sp³-hybridized carbons (Fsp3) is 0.235. The summed E-state index contributed by atoms with van der Waals surface area (Å²) in [6, 6.07) is 11.6. The molecule has 0 spiro atoms. The lowest BCUT2D eigenvalue weighted by Crippen LogP contribution is -2.09. The number of rotatable bonds is 5. The van der Waals surface area contributed by atoms with Crippen LogP contribution in [0.3, 0.4) is 0 Å². The molecular formula is C17H17ClFNO. The van der Waals surface area contributed by atoms with Crippen molar-refractivity contribution in [3.05, 3.63) is 58.9 Å². The largest absolute Gasteiger partial charge is 0.489 e. The van der Waals surface area contributed by atoms with Crippen LogP contribution in [0.25, 0.3) is 0 Å². The average molecular weight is 306 g/mol. The highest BCUT2D eigenvalue weighted by atomic mass is 35.5. The van der Waals surface area contributed by atoms with Gasteiger partial charge in [0.2, 0.25) is 0 Å². The SMILES string of the molecule is CC[C@@H](C)Oc1ccc(C=Nc2cccc(F)c2)cc1Cl. The van der Waals surface area contributed by atoms with Gasteiger partial charge in [0.1, 0.15) is 11.6 Å². The van der Waals surface area contributed by atoms with Crippen LogP contribution in [0.15, 0.2) is 47.5 Å². The minimum Gasteiger partial charge on any atom is -0.489 e. The van der Waals surface area contributed by atoms with Crippen molar-refractivity contribution in [2.75, 3.05) is 0 Å². The van der Waals surface area contributed by atoms with Crippen molar-refractivity contribution >= 4 is 23.5 Å². The summed E-state index contributed by atoms with van der Waals surface area (Å²) in [5.74, 6) is 0.355. The second-order valence-electron chi connectivity index (χ2n) is 4.76. The van der Waals surface area contributed by atoms with Gasteiger partial charge in [-0.1, -0.05) is 24.6 Å². The van der Waals surface area contributed by atoms with E-state index in [1.165, 1.54) is 12.1 Å². The van der Waals surface area contributed by atoms with Crippen molar-refractivity contribution in [2.24, 2.45) is 4.99 Å². The molecule has 2 aromatic rings. The van der Waals surface area contributed by atoms with Gasteiger partial charge in [0.25, 0.3) is 0 Å². The Balaban J connectivity index is 2.13. The highest BCUT2D eigenvalue weighted by Gasteiger charge is 2.06. The summed E-state index contributed by atoms with van der Waals surface area (Å²) in [6.07, 6.45) is 2.68. The Morgan fingerprint density at radius 2 is 2.10 bits per heavy atom. The Hall–Kier alpha value is -1.87. The molecule has 0 saturated heterocycles. The molecule has 0 radical (unpaired) electrons. The van der Waals surface area contributed by atoms with Crippen LogP contribution in [0.1, 0.15) is 25.8 Å². The molecule has 4 heteroatoms. The van der Waals surface area contributed by atoms with E-state index in [1.807, 2.05) is 19.1 Å². The summed E-state index contributed by atoms with van der Waals surface area (Å²) in [5, 5.41) is 0.540. The zero-order valence-electron chi connectivity index (χ0n) is 12.0. The van der Waals surface area contributed by atoms with Crippen LogP contribution in [0.5, 0.6) is 5.75 Å². The molecule has 0 aliphatic carbocycles. The topological polar surface area (TPSA) is 21.6 Å². The maximum absolute atomic E-state index is 13.1. The third-order valence-corrected chi connectivity index (χ3v) is 3.33. The van der Waals surface area contributed by atoms with Crippen LogP contribution in [0.2, 0.25) is 5.02 Å². The van der Waals surface area contributed by atoms with Crippen molar-refractivity contribution < 1.29 is 9.13 Å². The predicted octanol–water partition coefficient (Wildman–Crippen LogP) is 5.41. The number of ether oxygens (including phenoxy) is 1. The predicted molar refractivity (Wildman–Crippen MR) is 85.5 cm³/mol. The highest BCUT2D eigenvalue weighted by molar-refractivity contribution is 6.32. The lowest BCUT2D eigenvalue weighted by Gasteiger charge is -2.13. The molecule has 0 aromatic heterocycles. The zero-order chi connectivity index (χ0) is 15.2. The number of nitrogens with zero attached hydrogens (tertiary/aromatic N) is 1. The molecule has 1 atom stereocenters. The van der Waals surface area contributed by atoms with Crippen LogP contribution in [-0.4, -0.2) is 12.3 Å². The summed E-state index contributed by atoms with van der Waals surface area (Å²) < 4.78 is 18.8. The number of halogens is 2. The molecule has 110 valence electrons. The van der Waals surface area contributed by atoms with Crippen molar-refractivity contribution in [2.45, 2.75) is 26.4 Å². The van der Waals surface area contributed by atoms with Gasteiger partial charge >= 0.3 is 0 Å². The third kappa shape index (κ3) is 4.57. The molecule has 21 heavy (non-hydrogen) atoms. The number of aliphatic imine (C=N–C) groups is 1. The number of hydrogen-bond donors (Lipinski definition) is 0. The molecule has 2 aromatic carbocycles. The summed E-state index contributed by atoms with van der Waals surface area (Å²) in [6.45, 7) is 4.05. The van der Waals surface area contributed by atoms with Crippen molar-refractivity contribution in [1.29, 1.82) is 0 Å². The average Bonchev–Trinajstić information content (AvgIpc) is 2.47. The summed E-state index contributed by atoms with van der Waals surface area (Å²) in [7, 11) is 0. The molecule has 0 N–H and O–H groups in total. The van der Waals surface area contributed by atoms with Gasteiger partial charge in [-0.05, 0) is 55.3 Å². The fourth-order valence-electron chi connectivity index (χ4n) is 1.70. The summed E-state index contributed by atoms with van der Waals surface area (Å²) in [4.78, 5) is 4.22. The smallest absolute Gasteiger partial charge is 0.138 e. The molecule has 0 aliphatic rings. The molecule has 0 amide bonds. The first kappa shape index (κ1) is 15.5. The normalized spacial score (nSPS) is 12.6. The quantitative estimate of drug-likeness (QED) is 0.677. The van der Waals surface area contributed by atoms with E-state index in [-0.39, 0.29) is 11.9 Å². The van der Waals surface area contributed by atoms with E-state index in [0.29, 0.717) is 16.5 Å². The molecule has 0 fully saturated rings. The van der Waals surface area contributed by atoms with Crippen molar-refractivity contribution in [3.8, 4) is 5.75 Å². The highest BCUT2D eigenvalue weighted by Crippen LogP contribution is 2.26. The standard InChI is InChI=1S/C17H17ClFNO/c1-3-12(2)21-17-8-7-13(9-16(17)18)11-20-15-6-4-5-14(19)10-15/h4-12H,3H2,1-2H3/t12-/m1/s1. The second kappa shape index (κ2) is 7.23. The Labute approximate surface area is 129 Å². The first-order valence-corrected chi connectivity index (χ1v) is 7.22. The van der Waals surface area contributed by atoms with Crippen LogP contribution >= 0.6 is 11.6 Å². The van der Waals surface area contributed by atoms with Crippen LogP contribution in [-0.2, 0) is 0 Å². The van der Waals surface area contributed by atoms with Gasteiger partial charge in [0.15, 0.2) is 0 Å². The van der Waals surface area contributed by atoms with Crippen LogP contribution in [0.4, 0.5) is 10.1 Å². The van der Waals surface area contributed by atoms with Gasteiger partial charge in [-0.15, -0.1) is 0 Å². The van der Waals surface area contributed by atoms with Gasteiger partial charge in [-0.3, -0.25) is 4.99 Å². The van der Waals surface area contributed by atoms with E-state index in [4.69, 9.17) is 16.3 Å². The van der Waals surface area contributed by atoms with Crippen molar-refractivity contribution in [1.82, 2.24) is 0 Å². The second-order valence-corrected chi connectivity index (χ2v) is 5.17. The van der Waals surface area contributed by atoms with E-state index < -0.39 is 0 Å². The third-order valence-electron chi connectivity index (χ3n) is 3.03. The fourth-order valence-corrected chi connectivity index (χ4v) is 1.93. The van der Waals surface area contributed by atoms with Gasteiger partial charge in [-0.25, -0.2) is 4.39 Å². The van der Waals surface area contributed by atoms with E-state index in [0.717, 1.165) is 12.0 Å². The Bertz CT molecular complexity index is 642. The number of benzene rings is 2. The molecule has 0 heterocycles. The number of hydrogen-bond acceptors (Lipinski definition) is 2. The molecule has 0 saturated carbocycles. The minimum atomic E-state index is -0.306. The van der Waals surface area contributed by atoms with E-state index >= 15 is 0 Å². The van der Waals surface area contributed by atoms with Gasteiger partial charge in [-0.2, -0.15) is 0 Å². The van der Waals surface area contributed by atoms with Gasteiger partial charge < -0.3 is 4.74 Å².